The van der Waals surface area contributed by atoms with Gasteiger partial charge in [-0.2, -0.15) is 0 Å². The summed E-state index contributed by atoms with van der Waals surface area (Å²) in [5.41, 5.74) is 2.83. The molecule has 0 radical (unpaired) electrons. The molecule has 0 unspecified atom stereocenters. The van der Waals surface area contributed by atoms with Crippen LogP contribution < -0.4 is 5.32 Å². The number of amidine groups is 1. The Morgan fingerprint density at radius 3 is 2.43 bits per heavy atom. The van der Waals surface area contributed by atoms with Crippen molar-refractivity contribution in [1.29, 1.82) is 0 Å². The van der Waals surface area contributed by atoms with E-state index >= 15 is 0 Å². The van der Waals surface area contributed by atoms with Gasteiger partial charge in [0.05, 0.1) is 5.71 Å². The quantitative estimate of drug-likeness (QED) is 0.495. The number of hydrogen-bond acceptors (Lipinski definition) is 6. The van der Waals surface area contributed by atoms with E-state index in [9.17, 15) is 4.79 Å². The zero-order valence-corrected chi connectivity index (χ0v) is 14.1. The van der Waals surface area contributed by atoms with E-state index < -0.39 is 0 Å². The zero-order chi connectivity index (χ0) is 17.2. The Kier molecular flexibility index (Phi) is 7.45. The van der Waals surface area contributed by atoms with Crippen molar-refractivity contribution in [2.45, 2.75) is 27.4 Å². The molecule has 0 aliphatic heterocycles. The Balaban J connectivity index is 3.20. The molecule has 0 aliphatic rings. The summed E-state index contributed by atoms with van der Waals surface area (Å²) in [5, 5.41) is 10.6. The molecule has 0 saturated heterocycles. The minimum absolute atomic E-state index is 0.241. The third kappa shape index (κ3) is 5.90. The van der Waals surface area contributed by atoms with Gasteiger partial charge < -0.3 is 15.0 Å². The summed E-state index contributed by atoms with van der Waals surface area (Å²) in [5.74, 6) is 0.0799. The van der Waals surface area contributed by atoms with Gasteiger partial charge in [-0.3, -0.25) is 9.79 Å². The summed E-state index contributed by atoms with van der Waals surface area (Å²) >= 11 is 0. The first kappa shape index (κ1) is 18.3. The summed E-state index contributed by atoms with van der Waals surface area (Å²) in [7, 11) is 3.01. The molecule has 0 atom stereocenters. The molecule has 1 aromatic carbocycles. The number of hydrogen-bond donors (Lipinski definition) is 1. The SMILES string of the molecule is CN=C(NC(C)=O)/C(=N\OC)c1ccccc1CON=C(C)C. The van der Waals surface area contributed by atoms with Gasteiger partial charge in [-0.05, 0) is 13.8 Å². The first-order valence-corrected chi connectivity index (χ1v) is 7.07. The second kappa shape index (κ2) is 9.34. The molecule has 0 aromatic heterocycles. The number of rotatable bonds is 6. The standard InChI is InChI=1S/C16H22N4O3/c1-11(2)19-23-10-13-8-6-7-9-14(13)15(20-22-5)16(17-4)18-12(3)21/h6-9H,10H2,1-5H3,(H,17,18,21)/b20-15-. The Bertz CT molecular complexity index is 632. The molecule has 7 heteroatoms. The highest BCUT2D eigenvalue weighted by molar-refractivity contribution is 6.49. The molecular formula is C16H22N4O3. The fraction of sp³-hybridized carbons (Fsp3) is 0.375. The molecule has 1 rings (SSSR count). The fourth-order valence-corrected chi connectivity index (χ4v) is 1.81. The third-order valence-corrected chi connectivity index (χ3v) is 2.66. The Hall–Kier alpha value is -2.70. The molecule has 0 heterocycles. The van der Waals surface area contributed by atoms with Crippen LogP contribution in [-0.2, 0) is 21.1 Å². The maximum atomic E-state index is 11.4. The highest BCUT2D eigenvalue weighted by Crippen LogP contribution is 2.13. The molecule has 23 heavy (non-hydrogen) atoms. The molecule has 0 aliphatic carbocycles. The van der Waals surface area contributed by atoms with Gasteiger partial charge in [0.1, 0.15) is 13.7 Å². The van der Waals surface area contributed by atoms with Crippen LogP contribution in [0.4, 0.5) is 0 Å². The van der Waals surface area contributed by atoms with E-state index in [1.165, 1.54) is 14.0 Å². The molecule has 0 bridgehead atoms. The van der Waals surface area contributed by atoms with Crippen LogP contribution in [0.15, 0.2) is 39.6 Å². The van der Waals surface area contributed by atoms with E-state index in [2.05, 4.69) is 20.6 Å². The van der Waals surface area contributed by atoms with Crippen molar-refractivity contribution in [1.82, 2.24) is 5.32 Å². The molecule has 1 amide bonds. The number of nitrogens with zero attached hydrogens (tertiary/aromatic N) is 3. The largest absolute Gasteiger partial charge is 0.399 e. The van der Waals surface area contributed by atoms with Crippen molar-refractivity contribution in [2.75, 3.05) is 14.2 Å². The van der Waals surface area contributed by atoms with Gasteiger partial charge in [-0.25, -0.2) is 0 Å². The highest BCUT2D eigenvalue weighted by atomic mass is 16.6. The second-order valence-electron chi connectivity index (χ2n) is 4.84. The van der Waals surface area contributed by atoms with Gasteiger partial charge in [0.2, 0.25) is 5.91 Å². The van der Waals surface area contributed by atoms with Crippen LogP contribution in [0.25, 0.3) is 0 Å². The van der Waals surface area contributed by atoms with Crippen molar-refractivity contribution >= 4 is 23.2 Å². The molecule has 0 saturated carbocycles. The van der Waals surface area contributed by atoms with E-state index in [4.69, 9.17) is 9.68 Å². The molecule has 1 N–H and O–H groups in total. The minimum atomic E-state index is -0.241. The van der Waals surface area contributed by atoms with Gasteiger partial charge in [0, 0.05) is 25.1 Å². The number of oxime groups is 2. The molecule has 0 spiro atoms. The molecular weight excluding hydrogens is 296 g/mol. The van der Waals surface area contributed by atoms with Crippen LogP contribution in [0, 0.1) is 0 Å². The fourth-order valence-electron chi connectivity index (χ4n) is 1.81. The number of carbonyl (C=O) groups is 1. The maximum absolute atomic E-state index is 11.4. The third-order valence-electron chi connectivity index (χ3n) is 2.66. The van der Waals surface area contributed by atoms with Crippen LogP contribution in [0.5, 0.6) is 0 Å². The average molecular weight is 318 g/mol. The van der Waals surface area contributed by atoms with Crippen LogP contribution in [0.1, 0.15) is 31.9 Å². The summed E-state index contributed by atoms with van der Waals surface area (Å²) < 4.78 is 0. The van der Waals surface area contributed by atoms with E-state index in [0.717, 1.165) is 16.8 Å². The predicted octanol–water partition coefficient (Wildman–Crippen LogP) is 2.11. The van der Waals surface area contributed by atoms with Crippen LogP contribution in [0.2, 0.25) is 0 Å². The summed E-state index contributed by atoms with van der Waals surface area (Å²) in [4.78, 5) is 25.7. The second-order valence-corrected chi connectivity index (χ2v) is 4.84. The molecule has 7 nitrogen and oxygen atoms in total. The van der Waals surface area contributed by atoms with Crippen LogP contribution >= 0.6 is 0 Å². The van der Waals surface area contributed by atoms with Crippen molar-refractivity contribution in [3.63, 3.8) is 0 Å². The smallest absolute Gasteiger partial charge is 0.222 e. The van der Waals surface area contributed by atoms with Gasteiger partial charge in [-0.15, -0.1) is 0 Å². The van der Waals surface area contributed by atoms with Crippen molar-refractivity contribution in [2.24, 2.45) is 15.3 Å². The first-order valence-electron chi connectivity index (χ1n) is 7.07. The summed E-state index contributed by atoms with van der Waals surface area (Å²) in [6.07, 6.45) is 0. The first-order chi connectivity index (χ1) is 11.0. The Morgan fingerprint density at radius 1 is 1.17 bits per heavy atom. The van der Waals surface area contributed by atoms with Gasteiger partial charge in [0.25, 0.3) is 0 Å². The lowest BCUT2D eigenvalue weighted by atomic mass is 10.0. The van der Waals surface area contributed by atoms with E-state index in [1.54, 1.807) is 7.05 Å². The average Bonchev–Trinajstić information content (AvgIpc) is 2.51. The lowest BCUT2D eigenvalue weighted by Crippen LogP contribution is -2.36. The zero-order valence-electron chi connectivity index (χ0n) is 14.1. The number of aliphatic imine (C=N–C) groups is 1. The molecule has 0 fully saturated rings. The van der Waals surface area contributed by atoms with E-state index in [-0.39, 0.29) is 12.5 Å². The number of amides is 1. The normalized spacial score (nSPS) is 11.7. The number of nitrogens with one attached hydrogen (secondary N) is 1. The molecule has 1 aromatic rings. The lowest BCUT2D eigenvalue weighted by molar-refractivity contribution is -0.117. The van der Waals surface area contributed by atoms with Crippen molar-refractivity contribution in [3.05, 3.63) is 35.4 Å². The van der Waals surface area contributed by atoms with Crippen LogP contribution in [0.3, 0.4) is 0 Å². The summed E-state index contributed by atoms with van der Waals surface area (Å²) in [6, 6.07) is 7.49. The van der Waals surface area contributed by atoms with Crippen LogP contribution in [-0.4, -0.2) is 37.3 Å². The van der Waals surface area contributed by atoms with E-state index in [1.807, 2.05) is 38.1 Å². The van der Waals surface area contributed by atoms with Gasteiger partial charge in [0.15, 0.2) is 11.5 Å². The predicted molar refractivity (Wildman–Crippen MR) is 90.7 cm³/mol. The molecule has 124 valence electrons. The minimum Gasteiger partial charge on any atom is -0.399 e. The summed E-state index contributed by atoms with van der Waals surface area (Å²) in [6.45, 7) is 5.37. The number of carbonyl (C=O) groups excluding carboxylic acids is 1. The maximum Gasteiger partial charge on any atom is 0.222 e. The Labute approximate surface area is 136 Å². The van der Waals surface area contributed by atoms with Gasteiger partial charge >= 0.3 is 0 Å². The van der Waals surface area contributed by atoms with E-state index in [0.29, 0.717) is 11.5 Å². The number of benzene rings is 1. The highest BCUT2D eigenvalue weighted by Gasteiger charge is 2.17. The topological polar surface area (TPSA) is 84.6 Å². The van der Waals surface area contributed by atoms with Crippen molar-refractivity contribution < 1.29 is 14.5 Å². The monoisotopic (exact) mass is 318 g/mol. The van der Waals surface area contributed by atoms with Gasteiger partial charge in [-0.1, -0.05) is 34.6 Å². The lowest BCUT2D eigenvalue weighted by Gasteiger charge is -2.13. The Morgan fingerprint density at radius 2 is 1.87 bits per heavy atom. The van der Waals surface area contributed by atoms with Crippen molar-refractivity contribution in [3.8, 4) is 0 Å².